The summed E-state index contributed by atoms with van der Waals surface area (Å²) in [6.07, 6.45) is -11.6. The van der Waals surface area contributed by atoms with E-state index in [2.05, 4.69) is 25.7 Å². The van der Waals surface area contributed by atoms with E-state index in [0.29, 0.717) is 22.3 Å². The number of H-pyrrole nitrogens is 2. The molecular formula is C34H26Cl2F12N6O. The highest BCUT2D eigenvalue weighted by Gasteiger charge is 2.72. The lowest BCUT2D eigenvalue weighted by molar-refractivity contribution is -0.350. The molecular weight excluding hydrogens is 807 g/mol. The third-order valence-corrected chi connectivity index (χ3v) is 8.61. The zero-order valence-electron chi connectivity index (χ0n) is 27.4. The molecule has 0 saturated heterocycles. The van der Waals surface area contributed by atoms with E-state index in [0.717, 1.165) is 5.56 Å². The summed E-state index contributed by atoms with van der Waals surface area (Å²) in [4.78, 5) is 0. The van der Waals surface area contributed by atoms with Gasteiger partial charge in [0.1, 0.15) is 11.0 Å². The molecule has 0 bridgehead atoms. The summed E-state index contributed by atoms with van der Waals surface area (Å²) in [5, 5.41) is 16.6. The Bertz CT molecular complexity index is 2230. The molecule has 0 unspecified atom stereocenters. The largest absolute Gasteiger partial charge is 0.459 e. The van der Waals surface area contributed by atoms with Crippen LogP contribution in [0, 0.1) is 11.6 Å². The second-order valence-electron chi connectivity index (χ2n) is 11.6. The normalized spacial score (nSPS) is 12.3. The van der Waals surface area contributed by atoms with Crippen molar-refractivity contribution >= 4 is 56.6 Å². The first-order chi connectivity index (χ1) is 25.2. The number of fused-ring (bicyclic) bond motifs is 2. The topological polar surface area (TPSA) is 113 Å². The summed E-state index contributed by atoms with van der Waals surface area (Å²) < 4.78 is 155. The number of aromatic amines is 2. The lowest BCUT2D eigenvalue weighted by Crippen LogP contribution is -2.55. The first kappa shape index (κ1) is 42.9. The average Bonchev–Trinajstić information content (AvgIpc) is 3.73. The van der Waals surface area contributed by atoms with Gasteiger partial charge in [-0.05, 0) is 29.7 Å². The molecule has 0 fully saturated rings. The van der Waals surface area contributed by atoms with Gasteiger partial charge in [-0.15, -0.1) is 0 Å². The Balaban J connectivity index is 0.000000243. The van der Waals surface area contributed by atoms with Gasteiger partial charge >= 0.3 is 24.2 Å². The van der Waals surface area contributed by atoms with E-state index in [4.69, 9.17) is 23.2 Å². The van der Waals surface area contributed by atoms with Crippen molar-refractivity contribution in [3.8, 4) is 22.3 Å². The Morgan fingerprint density at radius 1 is 0.618 bits per heavy atom. The van der Waals surface area contributed by atoms with Gasteiger partial charge in [-0.2, -0.15) is 54.1 Å². The molecule has 55 heavy (non-hydrogen) atoms. The van der Waals surface area contributed by atoms with Crippen LogP contribution in [0.25, 0.3) is 44.1 Å². The third kappa shape index (κ3) is 9.16. The number of nitrogens with zero attached hydrogens (tertiary/aromatic N) is 2. The van der Waals surface area contributed by atoms with E-state index in [-0.39, 0.29) is 50.5 Å². The number of hydrogen-bond donors (Lipinski definition) is 4. The van der Waals surface area contributed by atoms with Gasteiger partial charge < -0.3 is 16.1 Å². The van der Waals surface area contributed by atoms with Crippen LogP contribution < -0.4 is 10.6 Å². The van der Waals surface area contributed by atoms with E-state index in [1.807, 2.05) is 6.07 Å². The fourth-order valence-corrected chi connectivity index (χ4v) is 5.64. The van der Waals surface area contributed by atoms with Crippen LogP contribution in [0.2, 0.25) is 10.0 Å². The highest BCUT2D eigenvalue weighted by Crippen LogP contribution is 2.47. The number of aromatic nitrogens is 4. The zero-order valence-corrected chi connectivity index (χ0v) is 29.0. The molecule has 0 aliphatic carbocycles. The van der Waals surface area contributed by atoms with Crippen molar-refractivity contribution < 1.29 is 58.2 Å². The highest BCUT2D eigenvalue weighted by molar-refractivity contribution is 6.35. The predicted octanol–water partition coefficient (Wildman–Crippen LogP) is 11.2. The molecule has 21 heteroatoms. The van der Waals surface area contributed by atoms with E-state index >= 15 is 0 Å². The van der Waals surface area contributed by atoms with E-state index in [9.17, 15) is 52.7 Å². The number of anilines is 2. The molecule has 0 aliphatic heterocycles. The lowest BCUT2D eigenvalue weighted by atomic mass is 10.0. The van der Waals surface area contributed by atoms with Crippen molar-refractivity contribution in [2.24, 2.45) is 0 Å². The minimum absolute atomic E-state index is 0. The Hall–Kier alpha value is -4.88. The van der Waals surface area contributed by atoms with Crippen molar-refractivity contribution in [1.29, 1.82) is 0 Å². The number of hydrogen-bond acceptors (Lipinski definition) is 4. The maximum Gasteiger partial charge on any atom is 0.459 e. The van der Waals surface area contributed by atoms with Crippen molar-refractivity contribution in [3.63, 3.8) is 0 Å². The van der Waals surface area contributed by atoms with Crippen molar-refractivity contribution in [2.75, 3.05) is 23.7 Å². The van der Waals surface area contributed by atoms with Gasteiger partial charge in [0.15, 0.2) is 23.3 Å². The standard InChI is InChI=1S/C17H10ClF8N3.C17H14ClF4N3.H2O/c18-11-9(8-4-2-1-3-5-8)6-10-13(12(11)19)28-29-14(10)27-7-15(20,21)16(22,23)17(24,25)26;18-13-11(10-5-2-1-3-6-10)9-12-15(14(13)19)24-25-16(12)23-8-4-7-17(20,21)22;/h1-6H,7H2,(H2,27,28,29);1-3,5-6,9H,4,7-8H2,(H2,23,24,25);1H2. The number of halogens is 14. The predicted molar refractivity (Wildman–Crippen MR) is 185 cm³/mol. The second-order valence-corrected chi connectivity index (χ2v) is 12.4. The van der Waals surface area contributed by atoms with E-state index in [1.54, 1.807) is 66.0 Å². The molecule has 0 aliphatic rings. The first-order valence-electron chi connectivity index (χ1n) is 15.4. The molecule has 0 atom stereocenters. The highest BCUT2D eigenvalue weighted by atomic mass is 35.5. The molecule has 0 saturated carbocycles. The Morgan fingerprint density at radius 2 is 1.04 bits per heavy atom. The Labute approximate surface area is 312 Å². The Kier molecular flexibility index (Phi) is 12.8. The van der Waals surface area contributed by atoms with Gasteiger partial charge in [0.2, 0.25) is 0 Å². The van der Waals surface area contributed by atoms with Crippen molar-refractivity contribution in [3.05, 3.63) is 94.5 Å². The number of benzene rings is 4. The third-order valence-electron chi connectivity index (χ3n) is 7.87. The summed E-state index contributed by atoms with van der Waals surface area (Å²) >= 11 is 12.1. The van der Waals surface area contributed by atoms with Crippen LogP contribution in [-0.4, -0.2) is 63.2 Å². The molecule has 0 spiro atoms. The second kappa shape index (κ2) is 16.5. The SMILES string of the molecule is Fc1c(Cl)c(-c2ccccc2)cc2c(NCC(F)(F)C(F)(F)C(F)(F)F)n[nH]c12.Fc1c(Cl)c(-c2ccccc2)cc2c(NCCCC(F)(F)F)n[nH]c12.O. The maximum atomic E-state index is 14.5. The van der Waals surface area contributed by atoms with E-state index < -0.39 is 54.6 Å². The molecule has 0 radical (unpaired) electrons. The van der Waals surface area contributed by atoms with Crippen LogP contribution in [0.4, 0.5) is 64.3 Å². The van der Waals surface area contributed by atoms with Crippen LogP contribution in [-0.2, 0) is 0 Å². The molecule has 2 heterocycles. The maximum absolute atomic E-state index is 14.5. The van der Waals surface area contributed by atoms with Crippen LogP contribution in [0.1, 0.15) is 12.8 Å². The summed E-state index contributed by atoms with van der Waals surface area (Å²) in [5.74, 6) is -13.6. The molecule has 6 rings (SSSR count). The number of rotatable bonds is 10. The smallest absolute Gasteiger partial charge is 0.412 e. The number of nitrogens with one attached hydrogen (secondary N) is 4. The van der Waals surface area contributed by atoms with Gasteiger partial charge in [0, 0.05) is 34.9 Å². The van der Waals surface area contributed by atoms with Crippen molar-refractivity contribution in [1.82, 2.24) is 20.4 Å². The van der Waals surface area contributed by atoms with Gasteiger partial charge in [0.05, 0.1) is 16.6 Å². The summed E-state index contributed by atoms with van der Waals surface area (Å²) in [6.45, 7) is -2.02. The van der Waals surface area contributed by atoms with E-state index in [1.165, 1.54) is 6.07 Å². The van der Waals surface area contributed by atoms with Gasteiger partial charge in [-0.3, -0.25) is 10.2 Å². The fourth-order valence-electron chi connectivity index (χ4n) is 5.12. The van der Waals surface area contributed by atoms with Gasteiger partial charge in [0.25, 0.3) is 0 Å². The van der Waals surface area contributed by atoms with Gasteiger partial charge in [-0.1, -0.05) is 83.9 Å². The monoisotopic (exact) mass is 832 g/mol. The van der Waals surface area contributed by atoms with Crippen LogP contribution in [0.5, 0.6) is 0 Å². The summed E-state index contributed by atoms with van der Waals surface area (Å²) in [7, 11) is 0. The molecule has 296 valence electrons. The molecule has 4 aromatic carbocycles. The van der Waals surface area contributed by atoms with Crippen LogP contribution in [0.3, 0.4) is 0 Å². The fraction of sp³-hybridized carbons (Fsp3) is 0.235. The average molecular weight is 834 g/mol. The number of alkyl halides is 10. The Morgan fingerprint density at radius 3 is 1.44 bits per heavy atom. The minimum Gasteiger partial charge on any atom is -0.412 e. The lowest BCUT2D eigenvalue weighted by Gasteiger charge is -2.28. The van der Waals surface area contributed by atoms with Crippen LogP contribution >= 0.6 is 23.2 Å². The summed E-state index contributed by atoms with van der Waals surface area (Å²) in [5.41, 5.74) is 1.61. The van der Waals surface area contributed by atoms with Crippen LogP contribution in [0.15, 0.2) is 72.8 Å². The van der Waals surface area contributed by atoms with Gasteiger partial charge in [-0.25, -0.2) is 8.78 Å². The molecule has 6 N–H and O–H groups in total. The summed E-state index contributed by atoms with van der Waals surface area (Å²) in [6, 6.07) is 20.1. The zero-order chi connectivity index (χ0) is 39.6. The van der Waals surface area contributed by atoms with Crippen molar-refractivity contribution in [2.45, 2.75) is 37.0 Å². The molecule has 0 amide bonds. The quantitative estimate of drug-likeness (QED) is 0.0813. The molecule has 6 aromatic rings. The molecule has 2 aromatic heterocycles. The molecule has 7 nitrogen and oxygen atoms in total. The minimum atomic E-state index is -6.45. The first-order valence-corrected chi connectivity index (χ1v) is 16.2.